The number of esters is 1. The first kappa shape index (κ1) is 16.4. The van der Waals surface area contributed by atoms with Crippen LogP contribution in [0.5, 0.6) is 0 Å². The maximum absolute atomic E-state index is 12.0. The van der Waals surface area contributed by atoms with Crippen molar-refractivity contribution >= 4 is 34.2 Å². The van der Waals surface area contributed by atoms with Crippen LogP contribution in [0.15, 0.2) is 30.3 Å². The maximum Gasteiger partial charge on any atom is 0.325 e. The standard InChI is InChI=1S/C17H19N3O3S/c1-2-23-15(21)11-8-9-13-14(10-11)24-17(19-13)20-16(22)18-12-6-4-3-5-7-12/h3-7,11H,2,8-10H2,1H3,(H2,18,19,20,22). The fourth-order valence-electron chi connectivity index (χ4n) is 2.67. The first-order chi connectivity index (χ1) is 11.7. The molecule has 1 unspecified atom stereocenters. The lowest BCUT2D eigenvalue weighted by Crippen LogP contribution is -2.24. The minimum atomic E-state index is -0.325. The van der Waals surface area contributed by atoms with Gasteiger partial charge in [0.05, 0.1) is 18.2 Å². The van der Waals surface area contributed by atoms with Crippen molar-refractivity contribution in [2.45, 2.75) is 26.2 Å². The van der Waals surface area contributed by atoms with E-state index < -0.39 is 0 Å². The molecular formula is C17H19N3O3S. The van der Waals surface area contributed by atoms with E-state index in [-0.39, 0.29) is 17.9 Å². The van der Waals surface area contributed by atoms with Gasteiger partial charge < -0.3 is 10.1 Å². The number of carbonyl (C=O) groups is 2. The summed E-state index contributed by atoms with van der Waals surface area (Å²) in [6.07, 6.45) is 2.11. The summed E-state index contributed by atoms with van der Waals surface area (Å²) in [5.74, 6) is -0.253. The molecule has 0 bridgehead atoms. The third kappa shape index (κ3) is 3.91. The zero-order chi connectivity index (χ0) is 16.9. The number of amides is 2. The lowest BCUT2D eigenvalue weighted by atomic mass is 9.91. The minimum Gasteiger partial charge on any atom is -0.466 e. The number of thiazole rings is 1. The third-order valence-electron chi connectivity index (χ3n) is 3.81. The molecule has 1 heterocycles. The summed E-state index contributed by atoms with van der Waals surface area (Å²) in [5, 5.41) is 6.07. The Bertz CT molecular complexity index is 730. The number of carbonyl (C=O) groups excluding carboxylic acids is 2. The van der Waals surface area contributed by atoms with Gasteiger partial charge in [-0.1, -0.05) is 18.2 Å². The molecule has 0 radical (unpaired) electrons. The highest BCUT2D eigenvalue weighted by molar-refractivity contribution is 7.15. The molecule has 0 spiro atoms. The van der Waals surface area contributed by atoms with Crippen LogP contribution in [-0.4, -0.2) is 23.6 Å². The first-order valence-electron chi connectivity index (χ1n) is 7.94. The van der Waals surface area contributed by atoms with Crippen LogP contribution in [0.4, 0.5) is 15.6 Å². The van der Waals surface area contributed by atoms with Gasteiger partial charge in [-0.15, -0.1) is 11.3 Å². The van der Waals surface area contributed by atoms with Gasteiger partial charge in [-0.05, 0) is 38.3 Å². The summed E-state index contributed by atoms with van der Waals surface area (Å²) in [7, 11) is 0. The van der Waals surface area contributed by atoms with Gasteiger partial charge in [0.15, 0.2) is 5.13 Å². The zero-order valence-corrected chi connectivity index (χ0v) is 14.2. The van der Waals surface area contributed by atoms with E-state index in [1.807, 2.05) is 37.3 Å². The number of benzene rings is 1. The van der Waals surface area contributed by atoms with E-state index in [1.54, 1.807) is 0 Å². The van der Waals surface area contributed by atoms with E-state index in [0.717, 1.165) is 29.1 Å². The predicted octanol–water partition coefficient (Wildman–Crippen LogP) is 3.46. The molecule has 0 saturated heterocycles. The largest absolute Gasteiger partial charge is 0.466 e. The van der Waals surface area contributed by atoms with Gasteiger partial charge in [0, 0.05) is 10.6 Å². The number of anilines is 2. The smallest absolute Gasteiger partial charge is 0.325 e. The predicted molar refractivity (Wildman–Crippen MR) is 93.3 cm³/mol. The van der Waals surface area contributed by atoms with Gasteiger partial charge in [0.25, 0.3) is 0 Å². The molecule has 24 heavy (non-hydrogen) atoms. The summed E-state index contributed by atoms with van der Waals surface area (Å²) in [6.45, 7) is 2.21. The molecule has 2 N–H and O–H groups in total. The quantitative estimate of drug-likeness (QED) is 0.832. The number of hydrogen-bond acceptors (Lipinski definition) is 5. The Kier molecular flexibility index (Phi) is 5.10. The number of ether oxygens (including phenoxy) is 1. The Labute approximate surface area is 144 Å². The summed E-state index contributed by atoms with van der Waals surface area (Å²) in [4.78, 5) is 29.4. The van der Waals surface area contributed by atoms with E-state index in [1.165, 1.54) is 11.3 Å². The molecular weight excluding hydrogens is 326 g/mol. The van der Waals surface area contributed by atoms with Crippen LogP contribution in [0.2, 0.25) is 0 Å². The second kappa shape index (κ2) is 7.44. The molecule has 1 aliphatic carbocycles. The monoisotopic (exact) mass is 345 g/mol. The van der Waals surface area contributed by atoms with Crippen molar-refractivity contribution in [2.24, 2.45) is 5.92 Å². The van der Waals surface area contributed by atoms with Crippen LogP contribution >= 0.6 is 11.3 Å². The average Bonchev–Trinajstić information content (AvgIpc) is 2.97. The van der Waals surface area contributed by atoms with Crippen molar-refractivity contribution < 1.29 is 14.3 Å². The molecule has 1 atom stereocenters. The molecule has 0 saturated carbocycles. The summed E-state index contributed by atoms with van der Waals surface area (Å²) in [6, 6.07) is 8.90. The average molecular weight is 345 g/mol. The lowest BCUT2D eigenvalue weighted by Gasteiger charge is -2.18. The number of aryl methyl sites for hydroxylation is 1. The zero-order valence-electron chi connectivity index (χ0n) is 13.4. The van der Waals surface area contributed by atoms with Gasteiger partial charge in [0.2, 0.25) is 0 Å². The number of hydrogen-bond donors (Lipinski definition) is 2. The van der Waals surface area contributed by atoms with E-state index in [2.05, 4.69) is 15.6 Å². The normalized spacial score (nSPS) is 16.1. The molecule has 1 aromatic heterocycles. The number of nitrogens with one attached hydrogen (secondary N) is 2. The number of para-hydroxylation sites is 1. The Balaban J connectivity index is 1.61. The number of urea groups is 1. The van der Waals surface area contributed by atoms with Gasteiger partial charge in [-0.2, -0.15) is 0 Å². The van der Waals surface area contributed by atoms with Crippen molar-refractivity contribution in [2.75, 3.05) is 17.2 Å². The fourth-order valence-corrected chi connectivity index (χ4v) is 3.75. The van der Waals surface area contributed by atoms with Crippen LogP contribution in [0.1, 0.15) is 23.9 Å². The molecule has 1 aliphatic rings. The number of rotatable bonds is 4. The maximum atomic E-state index is 12.0. The molecule has 0 aliphatic heterocycles. The Hall–Kier alpha value is -2.41. The molecule has 2 amide bonds. The van der Waals surface area contributed by atoms with Crippen LogP contribution in [0.25, 0.3) is 0 Å². The number of fused-ring (bicyclic) bond motifs is 1. The molecule has 6 nitrogen and oxygen atoms in total. The second-order valence-corrected chi connectivity index (χ2v) is 6.61. The van der Waals surface area contributed by atoms with Crippen molar-refractivity contribution in [3.05, 3.63) is 40.9 Å². The molecule has 1 aromatic carbocycles. The first-order valence-corrected chi connectivity index (χ1v) is 8.75. The van der Waals surface area contributed by atoms with Gasteiger partial charge in [0.1, 0.15) is 0 Å². The number of aromatic nitrogens is 1. The SMILES string of the molecule is CCOC(=O)C1CCc2nc(NC(=O)Nc3ccccc3)sc2C1. The van der Waals surface area contributed by atoms with E-state index in [0.29, 0.717) is 18.2 Å². The molecule has 0 fully saturated rings. The highest BCUT2D eigenvalue weighted by Crippen LogP contribution is 2.33. The Morgan fingerprint density at radius 2 is 2.08 bits per heavy atom. The van der Waals surface area contributed by atoms with E-state index in [4.69, 9.17) is 4.74 Å². The third-order valence-corrected chi connectivity index (χ3v) is 4.85. The molecule has 2 aromatic rings. The summed E-state index contributed by atoms with van der Waals surface area (Å²) < 4.78 is 5.10. The van der Waals surface area contributed by atoms with E-state index in [9.17, 15) is 9.59 Å². The number of nitrogens with zero attached hydrogens (tertiary/aromatic N) is 1. The molecule has 7 heteroatoms. The van der Waals surface area contributed by atoms with Crippen LogP contribution in [-0.2, 0) is 22.4 Å². The van der Waals surface area contributed by atoms with Crippen LogP contribution in [0, 0.1) is 5.92 Å². The fraction of sp³-hybridized carbons (Fsp3) is 0.353. The summed E-state index contributed by atoms with van der Waals surface area (Å²) >= 11 is 1.42. The van der Waals surface area contributed by atoms with Gasteiger partial charge in [-0.25, -0.2) is 9.78 Å². The van der Waals surface area contributed by atoms with Crippen molar-refractivity contribution in [1.29, 1.82) is 0 Å². The molecule has 126 valence electrons. The van der Waals surface area contributed by atoms with Gasteiger partial charge >= 0.3 is 12.0 Å². The van der Waals surface area contributed by atoms with Gasteiger partial charge in [-0.3, -0.25) is 10.1 Å². The Morgan fingerprint density at radius 3 is 2.83 bits per heavy atom. The Morgan fingerprint density at radius 1 is 1.29 bits per heavy atom. The van der Waals surface area contributed by atoms with Crippen molar-refractivity contribution in [3.8, 4) is 0 Å². The highest BCUT2D eigenvalue weighted by atomic mass is 32.1. The van der Waals surface area contributed by atoms with Crippen molar-refractivity contribution in [1.82, 2.24) is 4.98 Å². The molecule has 3 rings (SSSR count). The van der Waals surface area contributed by atoms with E-state index >= 15 is 0 Å². The second-order valence-electron chi connectivity index (χ2n) is 5.53. The topological polar surface area (TPSA) is 80.3 Å². The summed E-state index contributed by atoms with van der Waals surface area (Å²) in [5.41, 5.74) is 1.69. The lowest BCUT2D eigenvalue weighted by molar-refractivity contribution is -0.148. The highest BCUT2D eigenvalue weighted by Gasteiger charge is 2.28. The van der Waals surface area contributed by atoms with Crippen molar-refractivity contribution in [3.63, 3.8) is 0 Å². The minimum absolute atomic E-state index is 0.108. The van der Waals surface area contributed by atoms with Crippen LogP contribution in [0.3, 0.4) is 0 Å². The van der Waals surface area contributed by atoms with Crippen LogP contribution < -0.4 is 10.6 Å².